The van der Waals surface area contributed by atoms with Gasteiger partial charge in [-0.2, -0.15) is 0 Å². The molecule has 0 spiro atoms. The Kier molecular flexibility index (Phi) is 6.55. The molecule has 170 valence electrons. The van der Waals surface area contributed by atoms with E-state index in [2.05, 4.69) is 15.3 Å². The third kappa shape index (κ3) is 5.12. The van der Waals surface area contributed by atoms with E-state index in [4.69, 9.17) is 0 Å². The van der Waals surface area contributed by atoms with Gasteiger partial charge in [-0.25, -0.2) is 4.98 Å². The lowest BCUT2D eigenvalue weighted by Gasteiger charge is -2.27. The first-order chi connectivity index (χ1) is 15.8. The zero-order valence-corrected chi connectivity index (χ0v) is 19.6. The van der Waals surface area contributed by atoms with Crippen LogP contribution in [0.5, 0.6) is 0 Å². The smallest absolute Gasteiger partial charge is 0.268 e. The lowest BCUT2D eigenvalue weighted by atomic mass is 10.0. The van der Waals surface area contributed by atoms with E-state index < -0.39 is 6.04 Å². The lowest BCUT2D eigenvalue weighted by molar-refractivity contribution is -0.137. The van der Waals surface area contributed by atoms with Gasteiger partial charge in [0.05, 0.1) is 18.5 Å². The molecule has 1 atom stereocenters. The van der Waals surface area contributed by atoms with Crippen molar-refractivity contribution in [1.29, 1.82) is 0 Å². The highest BCUT2D eigenvalue weighted by Gasteiger charge is 2.27. The molecule has 2 N–H and O–H groups in total. The summed E-state index contributed by atoms with van der Waals surface area (Å²) in [6.07, 6.45) is 0.189. The fourth-order valence-corrected chi connectivity index (χ4v) is 4.53. The number of H-pyrrole nitrogens is 1. The van der Waals surface area contributed by atoms with E-state index in [1.807, 2.05) is 61.7 Å². The summed E-state index contributed by atoms with van der Waals surface area (Å²) in [6, 6.07) is 15.0. The molecule has 0 aliphatic heterocycles. The van der Waals surface area contributed by atoms with Crippen molar-refractivity contribution in [2.24, 2.45) is 5.92 Å². The van der Waals surface area contributed by atoms with E-state index in [1.54, 1.807) is 13.1 Å². The molecule has 0 saturated carbocycles. The Hall–Kier alpha value is -3.52. The van der Waals surface area contributed by atoms with E-state index in [9.17, 15) is 14.4 Å². The lowest BCUT2D eigenvalue weighted by Crippen LogP contribution is -2.50. The van der Waals surface area contributed by atoms with Crippen molar-refractivity contribution in [2.45, 2.75) is 32.9 Å². The first-order valence-corrected chi connectivity index (χ1v) is 11.7. The van der Waals surface area contributed by atoms with Gasteiger partial charge < -0.3 is 15.2 Å². The van der Waals surface area contributed by atoms with Crippen LogP contribution in [0.15, 0.2) is 58.7 Å². The molecule has 4 rings (SSSR count). The van der Waals surface area contributed by atoms with Gasteiger partial charge in [-0.1, -0.05) is 56.3 Å². The number of nitrogens with zero attached hydrogens (tertiary/aromatic N) is 2. The van der Waals surface area contributed by atoms with Gasteiger partial charge in [-0.3, -0.25) is 14.4 Å². The van der Waals surface area contributed by atoms with Gasteiger partial charge in [-0.15, -0.1) is 11.3 Å². The van der Waals surface area contributed by atoms with Crippen LogP contribution in [0, 0.1) is 5.92 Å². The summed E-state index contributed by atoms with van der Waals surface area (Å²) in [4.78, 5) is 46.8. The van der Waals surface area contributed by atoms with Crippen molar-refractivity contribution >= 4 is 44.1 Å². The summed E-state index contributed by atoms with van der Waals surface area (Å²) in [7, 11) is 1.64. The summed E-state index contributed by atoms with van der Waals surface area (Å²) in [6.45, 7) is 3.93. The molecule has 1 unspecified atom stereocenters. The Balaban J connectivity index is 1.44. The molecular formula is C25H26N4O3S. The van der Waals surface area contributed by atoms with Crippen molar-refractivity contribution in [1.82, 2.24) is 20.2 Å². The monoisotopic (exact) mass is 462 g/mol. The molecule has 8 heteroatoms. The minimum Gasteiger partial charge on any atom is -0.344 e. The van der Waals surface area contributed by atoms with Crippen molar-refractivity contribution in [3.63, 3.8) is 0 Å². The second kappa shape index (κ2) is 9.54. The quantitative estimate of drug-likeness (QED) is 0.440. The Morgan fingerprint density at radius 1 is 1.12 bits per heavy atom. The highest BCUT2D eigenvalue weighted by molar-refractivity contribution is 7.17. The Bertz CT molecular complexity index is 1370. The molecule has 0 aliphatic rings. The van der Waals surface area contributed by atoms with E-state index >= 15 is 0 Å². The topological polar surface area (TPSA) is 95.2 Å². The number of carbonyl (C=O) groups excluding carboxylic acids is 2. The first-order valence-electron chi connectivity index (χ1n) is 10.8. The number of hydrogen-bond donors (Lipinski definition) is 2. The Morgan fingerprint density at radius 3 is 2.64 bits per heavy atom. The molecule has 7 nitrogen and oxygen atoms in total. The standard InChI is InChI=1S/C25H26N4O3S/c1-15(2)22(28-21(30)13-16-8-9-17-6-4-5-7-18(17)12-16)25(32)29(3)14-20-26-19-10-11-33-23(19)24(31)27-20/h4-12,15,22H,13-14H2,1-3H3,(H,28,30)(H,26,27,31). The molecule has 4 aromatic rings. The maximum absolute atomic E-state index is 13.1. The Labute approximate surface area is 195 Å². The van der Waals surface area contributed by atoms with Crippen LogP contribution in [0.2, 0.25) is 0 Å². The molecule has 0 radical (unpaired) electrons. The van der Waals surface area contributed by atoms with Gasteiger partial charge in [0.1, 0.15) is 16.6 Å². The van der Waals surface area contributed by atoms with Crippen molar-refractivity contribution in [3.05, 3.63) is 75.7 Å². The summed E-state index contributed by atoms with van der Waals surface area (Å²) < 4.78 is 0.564. The second-order valence-corrected chi connectivity index (χ2v) is 9.41. The minimum absolute atomic E-state index is 0.105. The van der Waals surface area contributed by atoms with Crippen LogP contribution < -0.4 is 10.9 Å². The van der Waals surface area contributed by atoms with Crippen molar-refractivity contribution in [2.75, 3.05) is 7.05 Å². The van der Waals surface area contributed by atoms with Crippen molar-refractivity contribution < 1.29 is 9.59 Å². The number of hydrogen-bond acceptors (Lipinski definition) is 5. The van der Waals surface area contributed by atoms with E-state index in [0.29, 0.717) is 16.0 Å². The minimum atomic E-state index is -0.681. The van der Waals surface area contributed by atoms with Gasteiger partial charge in [0.15, 0.2) is 0 Å². The molecule has 0 fully saturated rings. The number of fused-ring (bicyclic) bond motifs is 2. The average Bonchev–Trinajstić information content (AvgIpc) is 3.26. The van der Waals surface area contributed by atoms with Gasteiger partial charge in [-0.05, 0) is 33.7 Å². The molecule has 33 heavy (non-hydrogen) atoms. The van der Waals surface area contributed by atoms with E-state index in [0.717, 1.165) is 16.3 Å². The van der Waals surface area contributed by atoms with E-state index in [-0.39, 0.29) is 36.3 Å². The zero-order valence-electron chi connectivity index (χ0n) is 18.8. The number of aromatic nitrogens is 2. The number of likely N-dealkylation sites (N-methyl/N-ethyl adjacent to an activating group) is 1. The van der Waals surface area contributed by atoms with Crippen LogP contribution in [-0.2, 0) is 22.6 Å². The van der Waals surface area contributed by atoms with Crippen LogP contribution in [0.3, 0.4) is 0 Å². The summed E-state index contributed by atoms with van der Waals surface area (Å²) in [5.74, 6) is -0.138. The summed E-state index contributed by atoms with van der Waals surface area (Å²) >= 11 is 1.33. The molecule has 0 aliphatic carbocycles. The normalized spacial score (nSPS) is 12.2. The van der Waals surface area contributed by atoms with Crippen LogP contribution in [-0.4, -0.2) is 39.8 Å². The van der Waals surface area contributed by atoms with Crippen LogP contribution in [0.25, 0.3) is 21.0 Å². The zero-order chi connectivity index (χ0) is 23.5. The SMILES string of the molecule is CC(C)C(NC(=O)Cc1ccc2ccccc2c1)C(=O)N(C)Cc1nc2ccsc2c(=O)[nH]1. The number of carbonyl (C=O) groups is 2. The fourth-order valence-electron chi connectivity index (χ4n) is 3.81. The molecule has 0 saturated heterocycles. The van der Waals surface area contributed by atoms with Gasteiger partial charge in [0, 0.05) is 7.05 Å². The number of nitrogens with one attached hydrogen (secondary N) is 2. The average molecular weight is 463 g/mol. The van der Waals surface area contributed by atoms with Gasteiger partial charge in [0.2, 0.25) is 11.8 Å². The molecule has 2 aromatic heterocycles. The van der Waals surface area contributed by atoms with Crippen LogP contribution in [0.4, 0.5) is 0 Å². The molecular weight excluding hydrogens is 436 g/mol. The predicted molar refractivity (Wildman–Crippen MR) is 131 cm³/mol. The first kappa shape index (κ1) is 22.7. The van der Waals surface area contributed by atoms with Crippen molar-refractivity contribution in [3.8, 4) is 0 Å². The third-order valence-corrected chi connectivity index (χ3v) is 6.46. The number of amides is 2. The molecule has 2 aromatic carbocycles. The number of thiophene rings is 1. The fraction of sp³-hybridized carbons (Fsp3) is 0.280. The predicted octanol–water partition coefficient (Wildman–Crippen LogP) is 3.48. The van der Waals surface area contributed by atoms with E-state index in [1.165, 1.54) is 16.2 Å². The summed E-state index contributed by atoms with van der Waals surface area (Å²) in [5.41, 5.74) is 1.29. The highest BCUT2D eigenvalue weighted by atomic mass is 32.1. The maximum atomic E-state index is 13.1. The molecule has 0 bridgehead atoms. The largest absolute Gasteiger partial charge is 0.344 e. The van der Waals surface area contributed by atoms with Gasteiger partial charge in [0.25, 0.3) is 5.56 Å². The molecule has 2 heterocycles. The van der Waals surface area contributed by atoms with Crippen LogP contribution >= 0.6 is 11.3 Å². The van der Waals surface area contributed by atoms with Gasteiger partial charge >= 0.3 is 0 Å². The molecule has 2 amide bonds. The summed E-state index contributed by atoms with van der Waals surface area (Å²) in [5, 5.41) is 6.90. The number of aromatic amines is 1. The van der Waals surface area contributed by atoms with Crippen LogP contribution in [0.1, 0.15) is 25.2 Å². The number of rotatable bonds is 7. The second-order valence-electron chi connectivity index (χ2n) is 8.49. The Morgan fingerprint density at radius 2 is 1.88 bits per heavy atom. The highest BCUT2D eigenvalue weighted by Crippen LogP contribution is 2.17. The third-order valence-electron chi connectivity index (χ3n) is 5.55. The number of benzene rings is 2. The maximum Gasteiger partial charge on any atom is 0.268 e.